The van der Waals surface area contributed by atoms with Crippen LogP contribution < -0.4 is 30.2 Å². The number of benzene rings is 10. The fourth-order valence-corrected chi connectivity index (χ4v) is 14.6. The van der Waals surface area contributed by atoms with Crippen LogP contribution in [0.4, 0.5) is 34.1 Å². The molecule has 10 aromatic carbocycles. The average molecular weight is 1650 g/mol. The average Bonchev–Trinajstić information content (AvgIpc) is 1.13. The molecular formula is C98H70N6O20. The molecule has 0 saturated carbocycles. The van der Waals surface area contributed by atoms with Crippen LogP contribution in [0.5, 0.6) is 0 Å². The number of carbonyl (C=O) groups excluding carboxylic acids is 12. The van der Waals surface area contributed by atoms with Gasteiger partial charge in [0, 0.05) is 133 Å². The molecule has 124 heavy (non-hydrogen) atoms. The Morgan fingerprint density at radius 2 is 0.387 bits per heavy atom. The Morgan fingerprint density at radius 1 is 0.226 bits per heavy atom. The molecule has 4 aliphatic heterocycles. The molecule has 0 atom stereocenters. The van der Waals surface area contributed by atoms with Gasteiger partial charge in [-0.3, -0.25) is 57.5 Å². The number of nitrogens with zero attached hydrogens (tertiary/aromatic N) is 4. The smallest absolute Gasteiger partial charge is 0.328 e. The van der Waals surface area contributed by atoms with E-state index in [0.717, 1.165) is 135 Å². The number of anilines is 6. The predicted octanol–water partition coefficient (Wildman–Crippen LogP) is 12.5. The van der Waals surface area contributed by atoms with Crippen molar-refractivity contribution in [2.45, 2.75) is 36.5 Å². The summed E-state index contributed by atoms with van der Waals surface area (Å²) in [6.45, 7) is 0. The van der Waals surface area contributed by atoms with Crippen LogP contribution in [0.3, 0.4) is 0 Å². The van der Waals surface area contributed by atoms with Crippen molar-refractivity contribution >= 4 is 129 Å². The number of rotatable bonds is 30. The zero-order valence-corrected chi connectivity index (χ0v) is 65.2. The van der Waals surface area contributed by atoms with Crippen LogP contribution in [0.25, 0.3) is 0 Å². The van der Waals surface area contributed by atoms with E-state index in [1.807, 2.05) is 146 Å². The molecule has 0 aliphatic carbocycles. The third-order valence-corrected chi connectivity index (χ3v) is 20.4. The van der Waals surface area contributed by atoms with E-state index in [4.69, 9.17) is 20.4 Å². The molecule has 14 rings (SSSR count). The number of nitrogens with one attached hydrogen (secondary N) is 2. The first-order chi connectivity index (χ1) is 59.7. The third-order valence-electron chi connectivity index (χ3n) is 20.4. The minimum atomic E-state index is -1.27. The lowest BCUT2D eigenvalue weighted by Gasteiger charge is -2.24. The molecule has 10 amide bonds. The van der Waals surface area contributed by atoms with Gasteiger partial charge in [-0.1, -0.05) is 170 Å². The largest absolute Gasteiger partial charge is 0.478 e. The first-order valence-electron chi connectivity index (χ1n) is 38.2. The minimum absolute atomic E-state index is 0.00585. The lowest BCUT2D eigenvalue weighted by atomic mass is 9.81. The number of carbonyl (C=O) groups is 16. The summed E-state index contributed by atoms with van der Waals surface area (Å²) in [6, 6.07) is 73.0. The molecule has 26 nitrogen and oxygen atoms in total. The molecule has 0 saturated heterocycles. The van der Waals surface area contributed by atoms with Crippen LogP contribution in [0.1, 0.15) is 102 Å². The standard InChI is InChI=1S/C50H40N2O12.C48H30N4O8/c53-41(21-25-45(57)58)29-31-1-5-33(6-2-31)49(34-7-3-32(4-8-34)30-42(54)22-26-46(59)60)35-9-11-36(12-10-35)50(37-13-17-39(18-14-37)51-43(55)23-27-47(61)62)38-15-19-40(20-16-38)52-44(56)24-28-48(63)64;53-39-21-22-40(54)49(39)35-13-5-31(6-14-35)47(32-7-15-36(16-8-32)50-41(55)23-24-42(50)56)29-1-2-30(4-3-29)48(33-9-17-37(18-10-33)51-43(57)25-26-44(51)58)34-11-19-38(20-12-34)52-45(59)27-28-46(52)60/h1-28,49-50H,29-30H2,(H,51,55)(H,52,56)(H,57,58)(H,59,60)(H,61,62)(H,63,64);1-28,47-48H/b25-21+,26-22+,27-23+,28-24+;. The van der Waals surface area contributed by atoms with Crippen molar-refractivity contribution in [1.82, 2.24) is 0 Å². The van der Waals surface area contributed by atoms with Crippen molar-refractivity contribution in [1.29, 1.82) is 0 Å². The van der Waals surface area contributed by atoms with Gasteiger partial charge in [0.15, 0.2) is 11.6 Å². The molecule has 0 unspecified atom stereocenters. The number of hydrogen-bond acceptors (Lipinski definition) is 16. The molecule has 6 N–H and O–H groups in total. The highest BCUT2D eigenvalue weighted by Crippen LogP contribution is 2.42. The summed E-state index contributed by atoms with van der Waals surface area (Å²) in [5, 5.41) is 40.8. The fraction of sp³-hybridized carbons (Fsp3) is 0.0612. The second kappa shape index (κ2) is 38.1. The zero-order chi connectivity index (χ0) is 87.8. The van der Waals surface area contributed by atoms with Crippen molar-refractivity contribution in [3.8, 4) is 0 Å². The van der Waals surface area contributed by atoms with E-state index in [-0.39, 0.29) is 48.1 Å². The number of imide groups is 4. The summed E-state index contributed by atoms with van der Waals surface area (Å²) in [4.78, 5) is 197. The SMILES string of the molecule is O=C(O)/C=C/C(=O)Cc1ccc(C(c2ccc(CC(=O)/C=C/C(=O)O)cc2)c2ccc(C(c3ccc(NC(=O)/C=C/C(=O)O)cc3)c3ccc(NC(=O)/C=C/C(=O)O)cc3)cc2)cc1.O=C1C=CC(=O)N1c1ccc(C(c2ccc(C(c3ccc(N4C(=O)C=CC4=O)cc3)c3ccc(N4C(=O)C=CC4=O)cc3)cc2)c2ccc(N3C(=O)C=CC3=O)cc2)cc1. The number of amides is 10. The van der Waals surface area contributed by atoms with Crippen molar-refractivity contribution in [3.05, 3.63) is 418 Å². The van der Waals surface area contributed by atoms with Gasteiger partial charge in [-0.05, 0) is 163 Å². The van der Waals surface area contributed by atoms with Gasteiger partial charge < -0.3 is 31.1 Å². The number of ketones is 2. The Labute approximate surface area is 706 Å². The summed E-state index contributed by atoms with van der Waals surface area (Å²) < 4.78 is 0. The van der Waals surface area contributed by atoms with Gasteiger partial charge in [-0.15, -0.1) is 0 Å². The van der Waals surface area contributed by atoms with E-state index in [9.17, 15) is 76.7 Å². The summed E-state index contributed by atoms with van der Waals surface area (Å²) >= 11 is 0. The van der Waals surface area contributed by atoms with Crippen LogP contribution in [-0.4, -0.2) is 115 Å². The number of allylic oxidation sites excluding steroid dienone is 2. The molecule has 612 valence electrons. The van der Waals surface area contributed by atoms with Crippen molar-refractivity contribution in [3.63, 3.8) is 0 Å². The topological polar surface area (TPSA) is 391 Å². The number of hydrogen-bond donors (Lipinski definition) is 6. The van der Waals surface area contributed by atoms with E-state index in [1.165, 1.54) is 48.6 Å². The molecule has 4 aliphatic rings. The molecule has 0 aromatic heterocycles. The van der Waals surface area contributed by atoms with Gasteiger partial charge in [0.2, 0.25) is 11.8 Å². The van der Waals surface area contributed by atoms with Crippen LogP contribution in [0.2, 0.25) is 0 Å². The zero-order valence-electron chi connectivity index (χ0n) is 65.2. The van der Waals surface area contributed by atoms with E-state index in [0.29, 0.717) is 45.3 Å². The summed E-state index contributed by atoms with van der Waals surface area (Å²) in [5.41, 5.74) is 14.1. The molecule has 26 heteroatoms. The number of aliphatic carboxylic acids is 4. The highest BCUT2D eigenvalue weighted by Gasteiger charge is 2.32. The molecule has 0 radical (unpaired) electrons. The van der Waals surface area contributed by atoms with Crippen molar-refractivity contribution in [2.75, 3.05) is 30.2 Å². The van der Waals surface area contributed by atoms with Crippen LogP contribution >= 0.6 is 0 Å². The minimum Gasteiger partial charge on any atom is -0.478 e. The van der Waals surface area contributed by atoms with Gasteiger partial charge in [0.25, 0.3) is 47.3 Å². The molecule has 0 spiro atoms. The van der Waals surface area contributed by atoms with Gasteiger partial charge in [0.05, 0.1) is 22.7 Å². The highest BCUT2D eigenvalue weighted by atomic mass is 16.4. The maximum atomic E-state index is 12.4. The molecule has 10 aromatic rings. The van der Waals surface area contributed by atoms with Crippen molar-refractivity contribution < 1.29 is 97.1 Å². The fourth-order valence-electron chi connectivity index (χ4n) is 14.6. The van der Waals surface area contributed by atoms with E-state index in [2.05, 4.69) is 10.6 Å². The Bertz CT molecular complexity index is 5440. The van der Waals surface area contributed by atoms with E-state index < -0.39 is 82.9 Å². The number of carboxylic acid groups (broad SMARTS) is 4. The Hall–Kier alpha value is -17.2. The molecular weight excluding hydrogens is 1580 g/mol. The third kappa shape index (κ3) is 20.5. The van der Waals surface area contributed by atoms with Crippen LogP contribution in [-0.2, 0) is 89.6 Å². The predicted molar refractivity (Wildman–Crippen MR) is 457 cm³/mol. The van der Waals surface area contributed by atoms with E-state index >= 15 is 0 Å². The normalized spacial score (nSPS) is 13.7. The summed E-state index contributed by atoms with van der Waals surface area (Å²) in [5.74, 6) is -11.9. The maximum Gasteiger partial charge on any atom is 0.328 e. The van der Waals surface area contributed by atoms with Crippen LogP contribution in [0, 0.1) is 0 Å². The maximum absolute atomic E-state index is 12.4. The molecule has 0 bridgehead atoms. The first kappa shape index (κ1) is 84.7. The van der Waals surface area contributed by atoms with E-state index in [1.54, 1.807) is 97.1 Å². The van der Waals surface area contributed by atoms with Gasteiger partial charge >= 0.3 is 23.9 Å². The summed E-state index contributed by atoms with van der Waals surface area (Å²) in [7, 11) is 0. The van der Waals surface area contributed by atoms with Gasteiger partial charge in [-0.2, -0.15) is 0 Å². The van der Waals surface area contributed by atoms with Crippen molar-refractivity contribution in [2.24, 2.45) is 0 Å². The Morgan fingerprint density at radius 3 is 0.573 bits per heavy atom. The monoisotopic (exact) mass is 1650 g/mol. The second-order valence-corrected chi connectivity index (χ2v) is 28.5. The van der Waals surface area contributed by atoms with Gasteiger partial charge in [-0.25, -0.2) is 38.8 Å². The lowest BCUT2D eigenvalue weighted by molar-refractivity contribution is -0.132. The Balaban J connectivity index is 0.000000213. The molecule has 0 fully saturated rings. The summed E-state index contributed by atoms with van der Waals surface area (Å²) in [6.07, 6.45) is 16.7. The second-order valence-electron chi connectivity index (χ2n) is 28.5. The first-order valence-corrected chi connectivity index (χ1v) is 38.2. The highest BCUT2D eigenvalue weighted by molar-refractivity contribution is 6.30. The van der Waals surface area contributed by atoms with Gasteiger partial charge in [0.1, 0.15) is 0 Å². The molecule has 4 heterocycles. The van der Waals surface area contributed by atoms with Crippen LogP contribution in [0.15, 0.2) is 340 Å². The Kier molecular flexibility index (Phi) is 26.0. The quantitative estimate of drug-likeness (QED) is 0.0138. The lowest BCUT2D eigenvalue weighted by Crippen LogP contribution is -2.29. The number of carboxylic acids is 4.